The highest BCUT2D eigenvalue weighted by Crippen LogP contribution is 2.34. The van der Waals surface area contributed by atoms with Crippen LogP contribution in [0.15, 0.2) is 6.20 Å². The fourth-order valence-electron chi connectivity index (χ4n) is 2.69. The minimum Gasteiger partial charge on any atom is -0.466 e. The Morgan fingerprint density at radius 1 is 1.60 bits per heavy atom. The van der Waals surface area contributed by atoms with E-state index in [9.17, 15) is 9.90 Å². The summed E-state index contributed by atoms with van der Waals surface area (Å²) in [5.41, 5.74) is -0.0550. The van der Waals surface area contributed by atoms with Crippen LogP contribution < -0.4 is 0 Å². The average Bonchev–Trinajstić information content (AvgIpc) is 2.68. The molecule has 0 bridgehead atoms. The summed E-state index contributed by atoms with van der Waals surface area (Å²) < 4.78 is 6.71. The number of nitrogens with zero attached hydrogens (tertiary/aromatic N) is 2. The van der Waals surface area contributed by atoms with Crippen molar-refractivity contribution in [1.29, 1.82) is 0 Å². The third-order valence-electron chi connectivity index (χ3n) is 3.88. The lowest BCUT2D eigenvalue weighted by Crippen LogP contribution is -2.40. The molecule has 1 aliphatic rings. The van der Waals surface area contributed by atoms with Crippen LogP contribution in [-0.4, -0.2) is 33.1 Å². The average molecular weight is 301 g/mol. The minimum absolute atomic E-state index is 0.0850. The maximum absolute atomic E-state index is 11.7. The van der Waals surface area contributed by atoms with Crippen LogP contribution in [0.25, 0.3) is 0 Å². The molecule has 0 unspecified atom stereocenters. The van der Waals surface area contributed by atoms with E-state index in [2.05, 4.69) is 5.10 Å². The van der Waals surface area contributed by atoms with Crippen molar-refractivity contribution in [3.05, 3.63) is 16.9 Å². The van der Waals surface area contributed by atoms with Crippen molar-refractivity contribution in [3.8, 4) is 0 Å². The molecule has 0 aromatic carbocycles. The Kier molecular flexibility index (Phi) is 4.70. The van der Waals surface area contributed by atoms with E-state index < -0.39 is 5.60 Å². The van der Waals surface area contributed by atoms with Gasteiger partial charge in [-0.3, -0.25) is 9.48 Å². The molecule has 1 N–H and O–H groups in total. The number of hydrogen-bond acceptors (Lipinski definition) is 4. The molecular weight excluding hydrogens is 280 g/mol. The quantitative estimate of drug-likeness (QED) is 0.867. The summed E-state index contributed by atoms with van der Waals surface area (Å²) in [6, 6.07) is 0. The van der Waals surface area contributed by atoms with E-state index in [-0.39, 0.29) is 11.9 Å². The number of esters is 1. The number of rotatable bonds is 4. The lowest BCUT2D eigenvalue weighted by atomic mass is 9.79. The van der Waals surface area contributed by atoms with Crippen LogP contribution in [0, 0.1) is 12.8 Å². The molecule has 0 radical (unpaired) electrons. The zero-order valence-corrected chi connectivity index (χ0v) is 12.7. The van der Waals surface area contributed by atoms with Crippen LogP contribution in [0.3, 0.4) is 0 Å². The Morgan fingerprint density at radius 2 is 2.25 bits per heavy atom. The maximum Gasteiger partial charge on any atom is 0.308 e. The number of ether oxygens (including phenoxy) is 1. The van der Waals surface area contributed by atoms with Crippen molar-refractivity contribution >= 4 is 17.6 Å². The highest BCUT2D eigenvalue weighted by Gasteiger charge is 2.36. The number of hydrogen-bond donors (Lipinski definition) is 1. The van der Waals surface area contributed by atoms with Crippen molar-refractivity contribution in [2.45, 2.75) is 51.7 Å². The van der Waals surface area contributed by atoms with Crippen LogP contribution in [0.2, 0.25) is 5.02 Å². The highest BCUT2D eigenvalue weighted by molar-refractivity contribution is 6.31. The van der Waals surface area contributed by atoms with E-state index in [1.807, 2.05) is 6.92 Å². The molecule has 1 fully saturated rings. The molecular formula is C14H21ClN2O3. The number of aliphatic hydroxyl groups is 1. The third-order valence-corrected chi connectivity index (χ3v) is 4.25. The number of aryl methyl sites for hydroxylation is 1. The summed E-state index contributed by atoms with van der Waals surface area (Å²) in [5.74, 6) is -0.231. The molecule has 1 aromatic rings. The van der Waals surface area contributed by atoms with Gasteiger partial charge in [0.15, 0.2) is 0 Å². The van der Waals surface area contributed by atoms with Crippen LogP contribution in [0.4, 0.5) is 0 Å². The van der Waals surface area contributed by atoms with Crippen LogP contribution in [0.5, 0.6) is 0 Å². The van der Waals surface area contributed by atoms with E-state index in [0.717, 1.165) is 5.69 Å². The van der Waals surface area contributed by atoms with Gasteiger partial charge in [0.2, 0.25) is 0 Å². The van der Waals surface area contributed by atoms with Gasteiger partial charge in [-0.1, -0.05) is 11.6 Å². The molecule has 0 aliphatic heterocycles. The molecule has 0 spiro atoms. The molecule has 112 valence electrons. The molecule has 5 nitrogen and oxygen atoms in total. The van der Waals surface area contributed by atoms with Crippen molar-refractivity contribution in [2.75, 3.05) is 6.61 Å². The van der Waals surface area contributed by atoms with E-state index in [4.69, 9.17) is 16.3 Å². The number of aromatic nitrogens is 2. The van der Waals surface area contributed by atoms with Gasteiger partial charge in [-0.15, -0.1) is 0 Å². The van der Waals surface area contributed by atoms with Crippen LogP contribution in [-0.2, 0) is 16.1 Å². The molecule has 0 atom stereocenters. The van der Waals surface area contributed by atoms with Gasteiger partial charge in [0.25, 0.3) is 0 Å². The topological polar surface area (TPSA) is 64.3 Å². The fourth-order valence-corrected chi connectivity index (χ4v) is 2.84. The first-order chi connectivity index (χ1) is 9.43. The van der Waals surface area contributed by atoms with Crippen molar-refractivity contribution in [3.63, 3.8) is 0 Å². The molecule has 0 saturated heterocycles. The second kappa shape index (κ2) is 6.14. The maximum atomic E-state index is 11.7. The van der Waals surface area contributed by atoms with Gasteiger partial charge in [0.05, 0.1) is 35.4 Å². The molecule has 1 saturated carbocycles. The van der Waals surface area contributed by atoms with Gasteiger partial charge in [0, 0.05) is 6.20 Å². The highest BCUT2D eigenvalue weighted by atomic mass is 35.5. The van der Waals surface area contributed by atoms with E-state index in [0.29, 0.717) is 43.9 Å². The Bertz CT molecular complexity index is 459. The molecule has 1 heterocycles. The first kappa shape index (κ1) is 15.3. The molecule has 1 aromatic heterocycles. The number of carbonyl (C=O) groups is 1. The van der Waals surface area contributed by atoms with Gasteiger partial charge in [-0.05, 0) is 39.5 Å². The normalized spacial score (nSPS) is 26.5. The van der Waals surface area contributed by atoms with Crippen molar-refractivity contribution in [2.24, 2.45) is 5.92 Å². The first-order valence-corrected chi connectivity index (χ1v) is 7.40. The predicted molar refractivity (Wildman–Crippen MR) is 75.5 cm³/mol. The fraction of sp³-hybridized carbons (Fsp3) is 0.714. The summed E-state index contributed by atoms with van der Waals surface area (Å²) in [6.45, 7) is 4.46. The third kappa shape index (κ3) is 3.52. The zero-order chi connectivity index (χ0) is 14.8. The van der Waals surface area contributed by atoms with Crippen molar-refractivity contribution in [1.82, 2.24) is 9.78 Å². The molecule has 20 heavy (non-hydrogen) atoms. The Labute approximate surface area is 123 Å². The monoisotopic (exact) mass is 300 g/mol. The summed E-state index contributed by atoms with van der Waals surface area (Å²) in [4.78, 5) is 11.7. The molecule has 6 heteroatoms. The Hall–Kier alpha value is -1.07. The molecule has 1 aliphatic carbocycles. The molecule has 0 amide bonds. The molecule has 2 rings (SSSR count). The van der Waals surface area contributed by atoms with E-state index >= 15 is 0 Å². The summed E-state index contributed by atoms with van der Waals surface area (Å²) >= 11 is 5.97. The minimum atomic E-state index is -0.815. The Balaban J connectivity index is 1.92. The number of carbonyl (C=O) groups excluding carboxylic acids is 1. The van der Waals surface area contributed by atoms with Gasteiger partial charge in [0.1, 0.15) is 0 Å². The zero-order valence-electron chi connectivity index (χ0n) is 11.9. The van der Waals surface area contributed by atoms with Crippen LogP contribution in [0.1, 0.15) is 38.3 Å². The SMILES string of the molecule is CCOC(=O)C1CCC(O)(Cn2cc(Cl)c(C)n2)CC1. The lowest BCUT2D eigenvalue weighted by Gasteiger charge is -2.35. The number of halogens is 1. The summed E-state index contributed by atoms with van der Waals surface area (Å²) in [5, 5.41) is 15.5. The van der Waals surface area contributed by atoms with E-state index in [1.54, 1.807) is 17.8 Å². The Morgan fingerprint density at radius 3 is 2.75 bits per heavy atom. The van der Waals surface area contributed by atoms with Crippen LogP contribution >= 0.6 is 11.6 Å². The van der Waals surface area contributed by atoms with Gasteiger partial charge in [-0.2, -0.15) is 5.10 Å². The van der Waals surface area contributed by atoms with Gasteiger partial charge in [-0.25, -0.2) is 0 Å². The first-order valence-electron chi connectivity index (χ1n) is 7.02. The second-order valence-corrected chi connectivity index (χ2v) is 5.92. The summed E-state index contributed by atoms with van der Waals surface area (Å²) in [7, 11) is 0. The smallest absolute Gasteiger partial charge is 0.308 e. The van der Waals surface area contributed by atoms with Gasteiger partial charge >= 0.3 is 5.97 Å². The largest absolute Gasteiger partial charge is 0.466 e. The van der Waals surface area contributed by atoms with Crippen molar-refractivity contribution < 1.29 is 14.6 Å². The van der Waals surface area contributed by atoms with Gasteiger partial charge < -0.3 is 9.84 Å². The lowest BCUT2D eigenvalue weighted by molar-refractivity contribution is -0.151. The standard InChI is InChI=1S/C14H21ClN2O3/c1-3-20-13(18)11-4-6-14(19,7-5-11)9-17-8-12(15)10(2)16-17/h8,11,19H,3-7,9H2,1-2H3. The predicted octanol–water partition coefficient (Wildman–Crippen LogP) is 2.33. The summed E-state index contributed by atoms with van der Waals surface area (Å²) in [6.07, 6.45) is 4.19. The van der Waals surface area contributed by atoms with E-state index in [1.165, 1.54) is 0 Å². The second-order valence-electron chi connectivity index (χ2n) is 5.51.